The smallest absolute Gasteiger partial charge is 0.338 e. The number of nitro groups is 1. The van der Waals surface area contributed by atoms with Gasteiger partial charge < -0.3 is 14.5 Å². The fourth-order valence-corrected chi connectivity index (χ4v) is 6.00. The lowest BCUT2D eigenvalue weighted by molar-refractivity contribution is -0.384. The first-order valence-corrected chi connectivity index (χ1v) is 12.6. The van der Waals surface area contributed by atoms with Crippen LogP contribution >= 0.6 is 0 Å². The van der Waals surface area contributed by atoms with Crippen LogP contribution in [0, 0.1) is 16.0 Å². The van der Waals surface area contributed by atoms with E-state index < -0.39 is 39.3 Å². The zero-order chi connectivity index (χ0) is 23.5. The van der Waals surface area contributed by atoms with Crippen molar-refractivity contribution in [2.75, 3.05) is 42.6 Å². The van der Waals surface area contributed by atoms with Crippen LogP contribution in [0.4, 0.5) is 11.4 Å². The molecule has 1 aromatic carbocycles. The lowest BCUT2D eigenvalue weighted by Gasteiger charge is -2.31. The monoisotopic (exact) mass is 467 g/mol. The number of carbonyl (C=O) groups excluding carboxylic acids is 2. The Morgan fingerprint density at radius 2 is 1.94 bits per heavy atom. The third-order valence-electron chi connectivity index (χ3n) is 6.17. The molecule has 11 heteroatoms. The minimum absolute atomic E-state index is 0.00915. The van der Waals surface area contributed by atoms with Gasteiger partial charge in [0.15, 0.2) is 16.4 Å². The highest BCUT2D eigenvalue weighted by Gasteiger charge is 2.34. The van der Waals surface area contributed by atoms with Crippen molar-refractivity contribution in [3.8, 4) is 0 Å². The Morgan fingerprint density at radius 3 is 2.50 bits per heavy atom. The second-order valence-corrected chi connectivity index (χ2v) is 10.7. The average molecular weight is 468 g/mol. The van der Waals surface area contributed by atoms with Gasteiger partial charge in [0.25, 0.3) is 11.6 Å². The second kappa shape index (κ2) is 9.85. The van der Waals surface area contributed by atoms with Gasteiger partial charge in [-0.2, -0.15) is 0 Å². The summed E-state index contributed by atoms with van der Waals surface area (Å²) >= 11 is 0. The van der Waals surface area contributed by atoms with Crippen LogP contribution in [-0.4, -0.2) is 73.9 Å². The quantitative estimate of drug-likeness (QED) is 0.339. The van der Waals surface area contributed by atoms with E-state index in [1.54, 1.807) is 13.0 Å². The standard InChI is InChI=1S/C21H29N3O7S/c1-3-23(17-8-11-32(29,30)14-17)20(25)13-31-21(26)16-4-5-18(19(12-16)24(27)28)22-9-6-15(2)7-10-22/h4-5,12,15,17H,3,6-11,13-14H2,1-2H3/t17-/m1/s1. The van der Waals surface area contributed by atoms with Gasteiger partial charge in [-0.3, -0.25) is 14.9 Å². The van der Waals surface area contributed by atoms with Crippen molar-refractivity contribution in [3.63, 3.8) is 0 Å². The Kier molecular flexibility index (Phi) is 7.37. The van der Waals surface area contributed by atoms with Crippen molar-refractivity contribution in [2.24, 2.45) is 5.92 Å². The van der Waals surface area contributed by atoms with Gasteiger partial charge in [-0.05, 0) is 44.2 Å². The Labute approximate surface area is 187 Å². The van der Waals surface area contributed by atoms with Crippen molar-refractivity contribution < 1.29 is 27.7 Å². The minimum atomic E-state index is -3.16. The Morgan fingerprint density at radius 1 is 1.25 bits per heavy atom. The van der Waals surface area contributed by atoms with Gasteiger partial charge in [0, 0.05) is 31.7 Å². The van der Waals surface area contributed by atoms with Crippen LogP contribution in [0.5, 0.6) is 0 Å². The molecule has 0 unspecified atom stereocenters. The highest BCUT2D eigenvalue weighted by molar-refractivity contribution is 7.91. The van der Waals surface area contributed by atoms with Crippen LogP contribution in [0.15, 0.2) is 18.2 Å². The molecule has 0 saturated carbocycles. The highest BCUT2D eigenvalue weighted by Crippen LogP contribution is 2.32. The highest BCUT2D eigenvalue weighted by atomic mass is 32.2. The number of rotatable bonds is 7. The number of amides is 1. The Balaban J connectivity index is 1.66. The van der Waals surface area contributed by atoms with Gasteiger partial charge in [0.2, 0.25) is 0 Å². The van der Waals surface area contributed by atoms with Gasteiger partial charge in [-0.1, -0.05) is 6.92 Å². The van der Waals surface area contributed by atoms with E-state index in [0.29, 0.717) is 37.7 Å². The first-order chi connectivity index (χ1) is 15.1. The third-order valence-corrected chi connectivity index (χ3v) is 7.92. The SMILES string of the molecule is CCN(C(=O)COC(=O)c1ccc(N2CCC(C)CC2)c([N+](=O)[O-])c1)[C@@H]1CCS(=O)(=O)C1. The molecule has 32 heavy (non-hydrogen) atoms. The molecule has 10 nitrogen and oxygen atoms in total. The number of nitrogens with zero attached hydrogens (tertiary/aromatic N) is 3. The van der Waals surface area contributed by atoms with Crippen LogP contribution in [0.25, 0.3) is 0 Å². The Hall–Kier alpha value is -2.69. The number of piperidine rings is 1. The number of nitro benzene ring substituents is 1. The maximum Gasteiger partial charge on any atom is 0.338 e. The molecule has 1 aromatic rings. The number of ether oxygens (including phenoxy) is 1. The molecule has 2 aliphatic rings. The summed E-state index contributed by atoms with van der Waals surface area (Å²) in [6.45, 7) is 5.05. The van der Waals surface area contributed by atoms with E-state index >= 15 is 0 Å². The fourth-order valence-electron chi connectivity index (χ4n) is 4.27. The van der Waals surface area contributed by atoms with E-state index in [1.165, 1.54) is 17.0 Å². The largest absolute Gasteiger partial charge is 0.452 e. The van der Waals surface area contributed by atoms with Gasteiger partial charge >= 0.3 is 5.97 Å². The van der Waals surface area contributed by atoms with Crippen molar-refractivity contribution in [2.45, 2.75) is 39.2 Å². The molecule has 2 saturated heterocycles. The molecule has 1 amide bonds. The van der Waals surface area contributed by atoms with E-state index in [2.05, 4.69) is 6.92 Å². The topological polar surface area (TPSA) is 127 Å². The van der Waals surface area contributed by atoms with Crippen molar-refractivity contribution in [1.29, 1.82) is 0 Å². The maximum atomic E-state index is 12.5. The summed E-state index contributed by atoms with van der Waals surface area (Å²) in [6.07, 6.45) is 2.25. The summed E-state index contributed by atoms with van der Waals surface area (Å²) < 4.78 is 28.5. The minimum Gasteiger partial charge on any atom is -0.452 e. The molecule has 0 aromatic heterocycles. The molecule has 2 aliphatic heterocycles. The van der Waals surface area contributed by atoms with Crippen LogP contribution in [0.3, 0.4) is 0 Å². The number of carbonyl (C=O) groups is 2. The van der Waals surface area contributed by atoms with Gasteiger partial charge in [-0.25, -0.2) is 13.2 Å². The molecule has 0 N–H and O–H groups in total. The number of benzene rings is 1. The normalized spacial score (nSPS) is 20.7. The first-order valence-electron chi connectivity index (χ1n) is 10.8. The number of hydrogen-bond donors (Lipinski definition) is 0. The van der Waals surface area contributed by atoms with Crippen molar-refractivity contribution >= 4 is 33.1 Å². The summed E-state index contributed by atoms with van der Waals surface area (Å²) in [5.74, 6) is -0.813. The molecule has 0 aliphatic carbocycles. The predicted octanol–water partition coefficient (Wildman–Crippen LogP) is 2.02. The summed E-state index contributed by atoms with van der Waals surface area (Å²) in [5, 5.41) is 11.6. The van der Waals surface area contributed by atoms with E-state index in [-0.39, 0.29) is 22.8 Å². The van der Waals surface area contributed by atoms with Crippen LogP contribution in [0.2, 0.25) is 0 Å². The predicted molar refractivity (Wildman–Crippen MR) is 118 cm³/mol. The van der Waals surface area contributed by atoms with Crippen LogP contribution in [0.1, 0.15) is 43.5 Å². The van der Waals surface area contributed by atoms with E-state index in [1.807, 2.05) is 4.90 Å². The average Bonchev–Trinajstić information content (AvgIpc) is 3.11. The zero-order valence-electron chi connectivity index (χ0n) is 18.4. The fraction of sp³-hybridized carbons (Fsp3) is 0.619. The zero-order valence-corrected chi connectivity index (χ0v) is 19.2. The molecule has 2 fully saturated rings. The molecule has 176 valence electrons. The molecule has 0 spiro atoms. The lowest BCUT2D eigenvalue weighted by Crippen LogP contribution is -2.43. The van der Waals surface area contributed by atoms with Crippen molar-refractivity contribution in [1.82, 2.24) is 4.90 Å². The van der Waals surface area contributed by atoms with Crippen molar-refractivity contribution in [3.05, 3.63) is 33.9 Å². The van der Waals surface area contributed by atoms with Crippen LogP contribution < -0.4 is 4.90 Å². The molecule has 3 rings (SSSR count). The van der Waals surface area contributed by atoms with Gasteiger partial charge in [0.05, 0.1) is 22.0 Å². The van der Waals surface area contributed by atoms with Crippen LogP contribution in [-0.2, 0) is 19.4 Å². The molecular formula is C21H29N3O7S. The molecule has 0 radical (unpaired) electrons. The van der Waals surface area contributed by atoms with E-state index in [0.717, 1.165) is 12.8 Å². The van der Waals surface area contributed by atoms with Gasteiger partial charge in [-0.15, -0.1) is 0 Å². The third kappa shape index (κ3) is 5.56. The lowest BCUT2D eigenvalue weighted by atomic mass is 9.98. The molecule has 0 bridgehead atoms. The summed E-state index contributed by atoms with van der Waals surface area (Å²) in [5.41, 5.74) is 0.283. The maximum absolute atomic E-state index is 12.5. The van der Waals surface area contributed by atoms with E-state index in [9.17, 15) is 28.1 Å². The molecule has 1 atom stereocenters. The number of esters is 1. The molecular weight excluding hydrogens is 438 g/mol. The summed E-state index contributed by atoms with van der Waals surface area (Å²) in [7, 11) is -3.16. The number of likely N-dealkylation sites (N-methyl/N-ethyl adjacent to an activating group) is 1. The van der Waals surface area contributed by atoms with E-state index in [4.69, 9.17) is 4.74 Å². The number of anilines is 1. The Bertz CT molecular complexity index is 987. The first kappa shape index (κ1) is 24.0. The summed E-state index contributed by atoms with van der Waals surface area (Å²) in [6, 6.07) is 3.77. The van der Waals surface area contributed by atoms with Gasteiger partial charge in [0.1, 0.15) is 5.69 Å². The number of hydrogen-bond acceptors (Lipinski definition) is 8. The second-order valence-electron chi connectivity index (χ2n) is 8.44. The molecule has 2 heterocycles. The summed E-state index contributed by atoms with van der Waals surface area (Å²) in [4.78, 5) is 39.4. The number of sulfone groups is 1.